The third-order valence-electron chi connectivity index (χ3n) is 3.09. The van der Waals surface area contributed by atoms with E-state index in [1.54, 1.807) is 19.9 Å². The molecule has 0 fully saturated rings. The fourth-order valence-electron chi connectivity index (χ4n) is 1.99. The van der Waals surface area contributed by atoms with Crippen LogP contribution in [-0.2, 0) is 23.1 Å². The Morgan fingerprint density at radius 2 is 2.08 bits per heavy atom. The van der Waals surface area contributed by atoms with Gasteiger partial charge in [-0.15, -0.1) is 0 Å². The van der Waals surface area contributed by atoms with E-state index in [-0.39, 0.29) is 24.7 Å². The Morgan fingerprint density at radius 1 is 1.38 bits per heavy atom. The van der Waals surface area contributed by atoms with Crippen LogP contribution in [0.5, 0.6) is 0 Å². The van der Waals surface area contributed by atoms with Gasteiger partial charge in [0.1, 0.15) is 6.54 Å². The maximum absolute atomic E-state index is 12.2. The van der Waals surface area contributed by atoms with E-state index in [4.69, 9.17) is 4.74 Å². The van der Waals surface area contributed by atoms with Crippen LogP contribution in [0.15, 0.2) is 12.1 Å². The molecule has 0 aliphatic rings. The van der Waals surface area contributed by atoms with Gasteiger partial charge in [0.2, 0.25) is 0 Å². The van der Waals surface area contributed by atoms with Crippen molar-refractivity contribution in [3.63, 3.8) is 0 Å². The second kappa shape index (κ2) is 6.89. The van der Waals surface area contributed by atoms with Gasteiger partial charge in [-0.3, -0.25) is 14.3 Å². The highest BCUT2D eigenvalue weighted by atomic mass is 16.6. The molecule has 0 spiro atoms. The number of esters is 1. The predicted molar refractivity (Wildman–Crippen MR) is 81.4 cm³/mol. The number of carbonyl (C=O) groups is 2. The zero-order valence-corrected chi connectivity index (χ0v) is 13.3. The Balaban J connectivity index is 2.12. The Labute approximate surface area is 136 Å². The van der Waals surface area contributed by atoms with Crippen LogP contribution < -0.4 is 5.32 Å². The van der Waals surface area contributed by atoms with Crippen molar-refractivity contribution < 1.29 is 19.2 Å². The van der Waals surface area contributed by atoms with Crippen LogP contribution in [0, 0.1) is 17.0 Å². The molecule has 0 saturated carbocycles. The highest BCUT2D eigenvalue weighted by Crippen LogP contribution is 2.14. The van der Waals surface area contributed by atoms with E-state index in [0.29, 0.717) is 5.69 Å². The van der Waals surface area contributed by atoms with Crippen molar-refractivity contribution in [3.05, 3.63) is 33.6 Å². The van der Waals surface area contributed by atoms with E-state index in [9.17, 15) is 19.7 Å². The number of aromatic nitrogens is 4. The van der Waals surface area contributed by atoms with E-state index < -0.39 is 22.6 Å². The molecular weight excluding hydrogens is 320 g/mol. The fourth-order valence-corrected chi connectivity index (χ4v) is 1.99. The Morgan fingerprint density at radius 3 is 2.67 bits per heavy atom. The summed E-state index contributed by atoms with van der Waals surface area (Å²) < 4.78 is 7.33. The van der Waals surface area contributed by atoms with Crippen LogP contribution in [-0.4, -0.2) is 43.0 Å². The van der Waals surface area contributed by atoms with Crippen LogP contribution in [0.2, 0.25) is 0 Å². The summed E-state index contributed by atoms with van der Waals surface area (Å²) in [6, 6.07) is 2.64. The molecule has 11 nitrogen and oxygen atoms in total. The molecule has 2 rings (SSSR count). The molecule has 1 N–H and O–H groups in total. The standard InChI is InChI=1S/C13H16N6O5/c1-4-24-12(20)7-18-8(2)5-10(15-18)14-13(21)9-6-11(19(22)23)16-17(9)3/h5-6H,4,7H2,1-3H3,(H,14,15,21). The SMILES string of the molecule is CCOC(=O)Cn1nc(NC(=O)c2cc([N+](=O)[O-])nn2C)cc1C. The minimum atomic E-state index is -0.686. The highest BCUT2D eigenvalue weighted by Gasteiger charge is 2.22. The topological polar surface area (TPSA) is 134 Å². The molecule has 0 atom stereocenters. The molecule has 2 aromatic heterocycles. The normalized spacial score (nSPS) is 10.5. The number of nitrogens with zero attached hydrogens (tertiary/aromatic N) is 5. The monoisotopic (exact) mass is 336 g/mol. The summed E-state index contributed by atoms with van der Waals surface area (Å²) in [7, 11) is 1.42. The number of carbonyl (C=O) groups excluding carboxylic acids is 2. The lowest BCUT2D eigenvalue weighted by Gasteiger charge is -2.03. The number of nitrogens with one attached hydrogen (secondary N) is 1. The smallest absolute Gasteiger partial charge is 0.390 e. The lowest BCUT2D eigenvalue weighted by Crippen LogP contribution is -2.18. The number of nitro groups is 1. The summed E-state index contributed by atoms with van der Waals surface area (Å²) in [6.07, 6.45) is 0. The largest absolute Gasteiger partial charge is 0.465 e. The van der Waals surface area contributed by atoms with Crippen molar-refractivity contribution in [2.45, 2.75) is 20.4 Å². The molecule has 0 aliphatic carbocycles. The van der Waals surface area contributed by atoms with Crippen molar-refractivity contribution in [3.8, 4) is 0 Å². The molecular formula is C13H16N6O5. The summed E-state index contributed by atoms with van der Waals surface area (Å²) >= 11 is 0. The molecule has 0 saturated heterocycles. The van der Waals surface area contributed by atoms with Gasteiger partial charge in [0.05, 0.1) is 24.8 Å². The van der Waals surface area contributed by atoms with Gasteiger partial charge in [-0.25, -0.2) is 0 Å². The predicted octanol–water partition coefficient (Wildman–Crippen LogP) is 0.649. The molecule has 2 aromatic rings. The molecule has 2 heterocycles. The average Bonchev–Trinajstić information content (AvgIpc) is 3.03. The average molecular weight is 336 g/mol. The Bertz CT molecular complexity index is 793. The van der Waals surface area contributed by atoms with E-state index >= 15 is 0 Å². The van der Waals surface area contributed by atoms with Gasteiger partial charge < -0.3 is 20.2 Å². The number of hydrogen-bond donors (Lipinski definition) is 1. The number of rotatable bonds is 6. The number of amides is 1. The molecule has 11 heteroatoms. The third-order valence-corrected chi connectivity index (χ3v) is 3.09. The maximum atomic E-state index is 12.2. The molecule has 0 bridgehead atoms. The minimum Gasteiger partial charge on any atom is -0.465 e. The minimum absolute atomic E-state index is 0.0132. The van der Waals surface area contributed by atoms with Crippen molar-refractivity contribution >= 4 is 23.5 Å². The first-order chi connectivity index (χ1) is 11.3. The van der Waals surface area contributed by atoms with Crippen LogP contribution in [0.4, 0.5) is 11.6 Å². The molecule has 0 unspecified atom stereocenters. The maximum Gasteiger partial charge on any atom is 0.390 e. The molecule has 1 amide bonds. The number of hydrogen-bond acceptors (Lipinski definition) is 7. The summed E-state index contributed by atoms with van der Waals surface area (Å²) in [5.74, 6) is -1.25. The number of anilines is 1. The summed E-state index contributed by atoms with van der Waals surface area (Å²) in [5.41, 5.74) is 0.661. The Kier molecular flexibility index (Phi) is 4.92. The summed E-state index contributed by atoms with van der Waals surface area (Å²) in [5, 5.41) is 20.9. The lowest BCUT2D eigenvalue weighted by atomic mass is 10.3. The first-order valence-corrected chi connectivity index (χ1v) is 7.01. The van der Waals surface area contributed by atoms with E-state index in [0.717, 1.165) is 10.7 Å². The second-order valence-electron chi connectivity index (χ2n) is 4.86. The van der Waals surface area contributed by atoms with E-state index in [2.05, 4.69) is 15.5 Å². The molecule has 128 valence electrons. The van der Waals surface area contributed by atoms with Gasteiger partial charge in [-0.2, -0.15) is 9.78 Å². The Hall–Kier alpha value is -3.24. The van der Waals surface area contributed by atoms with Gasteiger partial charge in [-0.1, -0.05) is 0 Å². The van der Waals surface area contributed by atoms with Gasteiger partial charge in [0, 0.05) is 11.8 Å². The first-order valence-electron chi connectivity index (χ1n) is 7.01. The fraction of sp³-hybridized carbons (Fsp3) is 0.385. The second-order valence-corrected chi connectivity index (χ2v) is 4.86. The van der Waals surface area contributed by atoms with Crippen molar-refractivity contribution in [1.82, 2.24) is 19.6 Å². The molecule has 0 radical (unpaired) electrons. The lowest BCUT2D eigenvalue weighted by molar-refractivity contribution is -0.389. The van der Waals surface area contributed by atoms with Crippen LogP contribution in [0.1, 0.15) is 23.1 Å². The zero-order valence-electron chi connectivity index (χ0n) is 13.3. The summed E-state index contributed by atoms with van der Waals surface area (Å²) in [6.45, 7) is 3.61. The number of aryl methyl sites for hydroxylation is 2. The van der Waals surface area contributed by atoms with Crippen LogP contribution in [0.3, 0.4) is 0 Å². The van der Waals surface area contributed by atoms with Gasteiger partial charge in [0.15, 0.2) is 11.5 Å². The number of ether oxygens (including phenoxy) is 1. The van der Waals surface area contributed by atoms with E-state index in [1.165, 1.54) is 11.7 Å². The highest BCUT2D eigenvalue weighted by molar-refractivity contribution is 6.02. The quantitative estimate of drug-likeness (QED) is 0.465. The van der Waals surface area contributed by atoms with Crippen molar-refractivity contribution in [1.29, 1.82) is 0 Å². The molecule has 0 aromatic carbocycles. The van der Waals surface area contributed by atoms with Gasteiger partial charge >= 0.3 is 11.8 Å². The van der Waals surface area contributed by atoms with Crippen LogP contribution in [0.25, 0.3) is 0 Å². The first kappa shape index (κ1) is 17.1. The van der Waals surface area contributed by atoms with Gasteiger partial charge in [-0.05, 0) is 18.8 Å². The zero-order chi connectivity index (χ0) is 17.9. The third kappa shape index (κ3) is 3.74. The van der Waals surface area contributed by atoms with Crippen LogP contribution >= 0.6 is 0 Å². The molecule has 24 heavy (non-hydrogen) atoms. The molecule has 0 aliphatic heterocycles. The van der Waals surface area contributed by atoms with E-state index in [1.807, 2.05) is 0 Å². The van der Waals surface area contributed by atoms with Crippen molar-refractivity contribution in [2.75, 3.05) is 11.9 Å². The van der Waals surface area contributed by atoms with Gasteiger partial charge in [0.25, 0.3) is 5.91 Å². The summed E-state index contributed by atoms with van der Waals surface area (Å²) in [4.78, 5) is 33.7. The van der Waals surface area contributed by atoms with Crippen molar-refractivity contribution in [2.24, 2.45) is 7.05 Å².